The second-order valence-corrected chi connectivity index (χ2v) is 11.2. The molecule has 0 saturated carbocycles. The number of aromatic nitrogens is 1. The summed E-state index contributed by atoms with van der Waals surface area (Å²) in [7, 11) is 0. The lowest BCUT2D eigenvalue weighted by Crippen LogP contribution is -2.58. The Morgan fingerprint density at radius 3 is 2.52 bits per heavy atom. The summed E-state index contributed by atoms with van der Waals surface area (Å²) in [5.74, 6) is -0.447. The molecule has 1 unspecified atom stereocenters. The van der Waals surface area contributed by atoms with Crippen LogP contribution in [0.2, 0.25) is 0 Å². The van der Waals surface area contributed by atoms with Gasteiger partial charge in [0.05, 0.1) is 10.9 Å². The molecule has 4 rings (SSSR count). The van der Waals surface area contributed by atoms with Crippen molar-refractivity contribution in [2.75, 3.05) is 19.6 Å². The summed E-state index contributed by atoms with van der Waals surface area (Å²) in [6, 6.07) is 16.6. The molecule has 40 heavy (non-hydrogen) atoms. The standard InChI is InChI=1S/C30H36N4O6/c1-20-16-22(24-8-5-6-9-25(24)32-20)17-39-23-12-10-21(11-13-23)26(35)31-18-30(27(36)33-38)14-7-15-34(19-30)28(37)40-29(2,3)4/h5-6,8-13,16,38H,7,14-15,17-19H2,1-4H3,(H,31,35)(H,33,36). The van der Waals surface area contributed by atoms with Crippen molar-refractivity contribution in [3.63, 3.8) is 0 Å². The van der Waals surface area contributed by atoms with Crippen molar-refractivity contribution < 1.29 is 29.1 Å². The number of nitrogens with zero attached hydrogens (tertiary/aromatic N) is 2. The fourth-order valence-corrected chi connectivity index (χ4v) is 4.87. The first-order valence-corrected chi connectivity index (χ1v) is 13.3. The van der Waals surface area contributed by atoms with E-state index in [1.165, 1.54) is 4.90 Å². The Bertz CT molecular complexity index is 1390. The molecule has 1 aromatic heterocycles. The van der Waals surface area contributed by atoms with Crippen LogP contribution in [0.15, 0.2) is 54.6 Å². The van der Waals surface area contributed by atoms with Gasteiger partial charge in [0.1, 0.15) is 18.0 Å². The summed E-state index contributed by atoms with van der Waals surface area (Å²) in [6.07, 6.45) is 0.356. The summed E-state index contributed by atoms with van der Waals surface area (Å²) < 4.78 is 11.4. The SMILES string of the molecule is Cc1cc(COc2ccc(C(=O)NCC3(C(=O)NO)CCCN(C(=O)OC(C)(C)C)C3)cc2)c2ccccc2n1. The van der Waals surface area contributed by atoms with Crippen molar-refractivity contribution >= 4 is 28.8 Å². The number of amides is 3. The van der Waals surface area contributed by atoms with E-state index in [-0.39, 0.29) is 19.0 Å². The minimum Gasteiger partial charge on any atom is -0.489 e. The number of benzene rings is 2. The highest BCUT2D eigenvalue weighted by atomic mass is 16.6. The van der Waals surface area contributed by atoms with Gasteiger partial charge in [-0.2, -0.15) is 0 Å². The van der Waals surface area contributed by atoms with E-state index in [1.54, 1.807) is 50.5 Å². The smallest absolute Gasteiger partial charge is 0.410 e. The molecule has 1 fully saturated rings. The van der Waals surface area contributed by atoms with Crippen LogP contribution in [0.3, 0.4) is 0 Å². The van der Waals surface area contributed by atoms with E-state index in [0.717, 1.165) is 22.2 Å². The molecule has 1 atom stereocenters. The predicted octanol–water partition coefficient (Wildman–Crippen LogP) is 4.37. The first-order chi connectivity index (χ1) is 19.0. The monoisotopic (exact) mass is 548 g/mol. The minimum atomic E-state index is -1.20. The van der Waals surface area contributed by atoms with Crippen LogP contribution in [0.5, 0.6) is 5.75 Å². The Morgan fingerprint density at radius 2 is 1.82 bits per heavy atom. The Kier molecular flexibility index (Phi) is 8.58. The van der Waals surface area contributed by atoms with Crippen LogP contribution >= 0.6 is 0 Å². The van der Waals surface area contributed by atoms with Crippen LogP contribution in [0.4, 0.5) is 4.79 Å². The van der Waals surface area contributed by atoms with E-state index < -0.39 is 23.0 Å². The van der Waals surface area contributed by atoms with Gasteiger partial charge < -0.3 is 19.7 Å². The molecule has 2 aromatic carbocycles. The van der Waals surface area contributed by atoms with Crippen LogP contribution in [0.1, 0.15) is 55.2 Å². The number of likely N-dealkylation sites (tertiary alicyclic amines) is 1. The van der Waals surface area contributed by atoms with Gasteiger partial charge in [0.2, 0.25) is 0 Å². The third-order valence-corrected chi connectivity index (χ3v) is 6.84. The number of fused-ring (bicyclic) bond motifs is 1. The number of rotatable bonds is 7. The predicted molar refractivity (Wildman–Crippen MR) is 149 cm³/mol. The highest BCUT2D eigenvalue weighted by Crippen LogP contribution is 2.31. The Balaban J connectivity index is 1.39. The number of para-hydroxylation sites is 1. The van der Waals surface area contributed by atoms with E-state index in [2.05, 4.69) is 10.3 Å². The molecular weight excluding hydrogens is 512 g/mol. The van der Waals surface area contributed by atoms with E-state index in [4.69, 9.17) is 9.47 Å². The van der Waals surface area contributed by atoms with Crippen molar-refractivity contribution in [3.8, 4) is 5.75 Å². The molecule has 212 valence electrons. The molecular formula is C30H36N4O6. The van der Waals surface area contributed by atoms with Gasteiger partial charge in [-0.15, -0.1) is 0 Å². The van der Waals surface area contributed by atoms with Crippen molar-refractivity contribution in [1.29, 1.82) is 0 Å². The van der Waals surface area contributed by atoms with Crippen molar-refractivity contribution in [3.05, 3.63) is 71.4 Å². The molecule has 3 N–H and O–H groups in total. The zero-order valence-corrected chi connectivity index (χ0v) is 23.3. The summed E-state index contributed by atoms with van der Waals surface area (Å²) in [5, 5.41) is 13.2. The van der Waals surface area contributed by atoms with Gasteiger partial charge in [-0.1, -0.05) is 18.2 Å². The molecule has 0 aliphatic carbocycles. The van der Waals surface area contributed by atoms with Gasteiger partial charge in [0.15, 0.2) is 0 Å². The Morgan fingerprint density at radius 1 is 1.10 bits per heavy atom. The summed E-state index contributed by atoms with van der Waals surface area (Å²) >= 11 is 0. The highest BCUT2D eigenvalue weighted by Gasteiger charge is 2.44. The number of aryl methyl sites for hydroxylation is 1. The summed E-state index contributed by atoms with van der Waals surface area (Å²) in [6.45, 7) is 7.94. The third kappa shape index (κ3) is 6.87. The number of pyridine rings is 1. The zero-order chi connectivity index (χ0) is 28.9. The highest BCUT2D eigenvalue weighted by molar-refractivity contribution is 5.95. The number of ether oxygens (including phenoxy) is 2. The van der Waals surface area contributed by atoms with Crippen molar-refractivity contribution in [2.24, 2.45) is 5.41 Å². The molecule has 3 amide bonds. The topological polar surface area (TPSA) is 130 Å². The lowest BCUT2D eigenvalue weighted by atomic mass is 9.79. The molecule has 1 aliphatic rings. The van der Waals surface area contributed by atoms with Crippen molar-refractivity contribution in [1.82, 2.24) is 20.7 Å². The van der Waals surface area contributed by atoms with Crippen LogP contribution < -0.4 is 15.5 Å². The average molecular weight is 549 g/mol. The normalized spacial score (nSPS) is 17.3. The maximum absolute atomic E-state index is 13.0. The molecule has 2 heterocycles. The van der Waals surface area contributed by atoms with E-state index in [0.29, 0.717) is 37.3 Å². The lowest BCUT2D eigenvalue weighted by Gasteiger charge is -2.41. The van der Waals surface area contributed by atoms with Gasteiger partial charge in [0, 0.05) is 41.8 Å². The lowest BCUT2D eigenvalue weighted by molar-refractivity contribution is -0.142. The number of carbonyl (C=O) groups is 3. The number of hydroxylamine groups is 1. The number of nitrogens with one attached hydrogen (secondary N) is 2. The van der Waals surface area contributed by atoms with Crippen molar-refractivity contribution in [2.45, 2.75) is 52.7 Å². The van der Waals surface area contributed by atoms with Crippen LogP contribution in [-0.4, -0.2) is 58.2 Å². The number of hydrogen-bond acceptors (Lipinski definition) is 7. The largest absolute Gasteiger partial charge is 0.489 e. The summed E-state index contributed by atoms with van der Waals surface area (Å²) in [4.78, 5) is 44.3. The molecule has 3 aromatic rings. The quantitative estimate of drug-likeness (QED) is 0.295. The maximum Gasteiger partial charge on any atom is 0.410 e. The average Bonchev–Trinajstić information content (AvgIpc) is 2.93. The number of hydrogen-bond donors (Lipinski definition) is 3. The van der Waals surface area contributed by atoms with Crippen LogP contribution in [-0.2, 0) is 16.1 Å². The van der Waals surface area contributed by atoms with E-state index in [9.17, 15) is 19.6 Å². The molecule has 10 heteroatoms. The molecule has 0 spiro atoms. The molecule has 0 bridgehead atoms. The van der Waals surface area contributed by atoms with Gasteiger partial charge in [-0.25, -0.2) is 10.3 Å². The van der Waals surface area contributed by atoms with Crippen LogP contribution in [0.25, 0.3) is 10.9 Å². The molecule has 10 nitrogen and oxygen atoms in total. The number of carbonyl (C=O) groups excluding carboxylic acids is 3. The Hall–Kier alpha value is -4.18. The fourth-order valence-electron chi connectivity index (χ4n) is 4.87. The molecule has 1 saturated heterocycles. The first-order valence-electron chi connectivity index (χ1n) is 13.3. The van der Waals surface area contributed by atoms with Gasteiger partial charge >= 0.3 is 6.09 Å². The minimum absolute atomic E-state index is 0.00449. The number of piperidine rings is 1. The van der Waals surface area contributed by atoms with Crippen LogP contribution in [0, 0.1) is 12.3 Å². The molecule has 1 aliphatic heterocycles. The first kappa shape index (κ1) is 28.8. The zero-order valence-electron chi connectivity index (χ0n) is 23.3. The van der Waals surface area contributed by atoms with E-state index in [1.807, 2.05) is 37.3 Å². The van der Waals surface area contributed by atoms with E-state index >= 15 is 0 Å². The van der Waals surface area contributed by atoms with Gasteiger partial charge in [-0.05, 0) is 76.9 Å². The molecule has 0 radical (unpaired) electrons. The third-order valence-electron chi connectivity index (χ3n) is 6.84. The van der Waals surface area contributed by atoms with Gasteiger partial charge in [0.25, 0.3) is 11.8 Å². The maximum atomic E-state index is 13.0. The summed E-state index contributed by atoms with van der Waals surface area (Å²) in [5.41, 5.74) is 3.04. The van der Waals surface area contributed by atoms with Gasteiger partial charge in [-0.3, -0.25) is 19.8 Å². The second kappa shape index (κ2) is 11.9. The second-order valence-electron chi connectivity index (χ2n) is 11.2. The Labute approximate surface area is 233 Å². The fraction of sp³-hybridized carbons (Fsp3) is 0.400.